The van der Waals surface area contributed by atoms with Crippen LogP contribution < -0.4 is 11.1 Å². The smallest absolute Gasteiger partial charge is 0.267 e. The molecule has 0 unspecified atom stereocenters. The molecule has 0 aliphatic carbocycles. The lowest BCUT2D eigenvalue weighted by molar-refractivity contribution is -0.123. The number of hydrogen-bond donors (Lipinski definition) is 3. The monoisotopic (exact) mass is 314 g/mol. The molecule has 0 bridgehead atoms. The molecule has 0 atom stereocenters. The number of nitrogens with one attached hydrogen (secondary N) is 1. The first-order valence-corrected chi connectivity index (χ1v) is 7.26. The van der Waals surface area contributed by atoms with E-state index in [1.165, 1.54) is 12.3 Å². The summed E-state index contributed by atoms with van der Waals surface area (Å²) in [4.78, 5) is 25.1. The van der Waals surface area contributed by atoms with Crippen molar-refractivity contribution in [1.29, 1.82) is 5.26 Å². The van der Waals surface area contributed by atoms with Crippen LogP contribution in [0, 0.1) is 17.2 Å². The van der Waals surface area contributed by atoms with Gasteiger partial charge in [0, 0.05) is 25.2 Å². The molecule has 7 heteroatoms. The first-order valence-electron chi connectivity index (χ1n) is 7.26. The number of nitrogens with zero attached hydrogens (tertiary/aromatic N) is 2. The minimum Gasteiger partial charge on any atom is -0.506 e. The molecular weight excluding hydrogens is 296 g/mol. The third-order valence-corrected chi connectivity index (χ3v) is 3.76. The number of likely N-dealkylation sites (tertiary alicyclic amines) is 1. The molecule has 7 nitrogen and oxygen atoms in total. The van der Waals surface area contributed by atoms with E-state index in [1.54, 1.807) is 18.2 Å². The van der Waals surface area contributed by atoms with Gasteiger partial charge in [-0.05, 0) is 25.0 Å². The third-order valence-electron chi connectivity index (χ3n) is 3.76. The van der Waals surface area contributed by atoms with Crippen LogP contribution in [-0.4, -0.2) is 34.9 Å². The summed E-state index contributed by atoms with van der Waals surface area (Å²) in [7, 11) is 0. The highest BCUT2D eigenvalue weighted by molar-refractivity contribution is 6.07. The molecule has 120 valence electrons. The van der Waals surface area contributed by atoms with Crippen LogP contribution in [0.5, 0.6) is 5.75 Å². The van der Waals surface area contributed by atoms with Crippen molar-refractivity contribution in [3.63, 3.8) is 0 Å². The normalized spacial score (nSPS) is 15.8. The first-order chi connectivity index (χ1) is 11.0. The Bertz CT molecular complexity index is 670. The van der Waals surface area contributed by atoms with E-state index in [0.717, 1.165) is 0 Å². The van der Waals surface area contributed by atoms with Gasteiger partial charge in [-0.15, -0.1) is 0 Å². The molecule has 0 spiro atoms. The van der Waals surface area contributed by atoms with Crippen molar-refractivity contribution in [2.45, 2.75) is 12.8 Å². The number of benzene rings is 1. The largest absolute Gasteiger partial charge is 0.506 e. The SMILES string of the molecule is N#C/C(=C/N1CCC(C(N)=O)CC1)C(=O)Nc1ccccc1O. The van der Waals surface area contributed by atoms with Crippen LogP contribution in [-0.2, 0) is 9.59 Å². The maximum absolute atomic E-state index is 12.1. The van der Waals surface area contributed by atoms with Gasteiger partial charge in [-0.1, -0.05) is 12.1 Å². The Labute approximate surface area is 134 Å². The van der Waals surface area contributed by atoms with Crippen LogP contribution in [0.25, 0.3) is 0 Å². The summed E-state index contributed by atoms with van der Waals surface area (Å²) in [5.74, 6) is -1.13. The van der Waals surface area contributed by atoms with Gasteiger partial charge in [-0.3, -0.25) is 9.59 Å². The number of nitriles is 1. The van der Waals surface area contributed by atoms with Crippen molar-refractivity contribution < 1.29 is 14.7 Å². The molecular formula is C16H18N4O3. The Morgan fingerprint density at radius 1 is 1.35 bits per heavy atom. The average Bonchev–Trinajstić information content (AvgIpc) is 2.55. The second kappa shape index (κ2) is 7.31. The van der Waals surface area contributed by atoms with E-state index in [9.17, 15) is 20.0 Å². The lowest BCUT2D eigenvalue weighted by Crippen LogP contribution is -2.36. The lowest BCUT2D eigenvalue weighted by atomic mass is 9.96. The molecule has 1 aromatic carbocycles. The van der Waals surface area contributed by atoms with Crippen LogP contribution in [0.2, 0.25) is 0 Å². The summed E-state index contributed by atoms with van der Waals surface area (Å²) in [5, 5.41) is 21.3. The fourth-order valence-electron chi connectivity index (χ4n) is 2.40. The van der Waals surface area contributed by atoms with Crippen LogP contribution in [0.1, 0.15) is 12.8 Å². The van der Waals surface area contributed by atoms with Crippen molar-refractivity contribution in [2.24, 2.45) is 11.7 Å². The Balaban J connectivity index is 2.02. The number of rotatable bonds is 4. The standard InChI is InChI=1S/C16H18N4O3/c17-9-12(10-20-7-5-11(6-8-20)15(18)22)16(23)19-13-3-1-2-4-14(13)21/h1-4,10-11,21H,5-8H2,(H2,18,22)(H,19,23)/b12-10-. The third kappa shape index (κ3) is 4.23. The number of piperidine rings is 1. The highest BCUT2D eigenvalue weighted by Gasteiger charge is 2.22. The zero-order valence-electron chi connectivity index (χ0n) is 12.5. The summed E-state index contributed by atoms with van der Waals surface area (Å²) in [6.45, 7) is 1.12. The molecule has 2 rings (SSSR count). The molecule has 1 heterocycles. The second-order valence-corrected chi connectivity index (χ2v) is 5.34. The van der Waals surface area contributed by atoms with Gasteiger partial charge in [0.15, 0.2) is 0 Å². The highest BCUT2D eigenvalue weighted by atomic mass is 16.3. The van der Waals surface area contributed by atoms with Gasteiger partial charge >= 0.3 is 0 Å². The van der Waals surface area contributed by atoms with E-state index in [2.05, 4.69) is 5.32 Å². The average molecular weight is 314 g/mol. The number of anilines is 1. The maximum atomic E-state index is 12.1. The number of hydrogen-bond acceptors (Lipinski definition) is 5. The molecule has 1 fully saturated rings. The molecule has 2 amide bonds. The molecule has 23 heavy (non-hydrogen) atoms. The Morgan fingerprint density at radius 2 is 2.00 bits per heavy atom. The molecule has 1 aliphatic heterocycles. The maximum Gasteiger partial charge on any atom is 0.267 e. The van der Waals surface area contributed by atoms with E-state index in [0.29, 0.717) is 25.9 Å². The molecule has 1 saturated heterocycles. The van der Waals surface area contributed by atoms with E-state index in [4.69, 9.17) is 5.73 Å². The Kier molecular flexibility index (Phi) is 5.20. The topological polar surface area (TPSA) is 119 Å². The number of carbonyl (C=O) groups excluding carboxylic acids is 2. The van der Waals surface area contributed by atoms with Crippen molar-refractivity contribution in [3.05, 3.63) is 36.0 Å². The fraction of sp³-hybridized carbons (Fsp3) is 0.312. The summed E-state index contributed by atoms with van der Waals surface area (Å²) in [6.07, 6.45) is 2.68. The fourth-order valence-corrected chi connectivity index (χ4v) is 2.40. The van der Waals surface area contributed by atoms with Crippen LogP contribution in [0.4, 0.5) is 5.69 Å². The van der Waals surface area contributed by atoms with E-state index >= 15 is 0 Å². The number of amides is 2. The molecule has 0 radical (unpaired) electrons. The lowest BCUT2D eigenvalue weighted by Gasteiger charge is -2.29. The Morgan fingerprint density at radius 3 is 2.57 bits per heavy atom. The molecule has 1 aliphatic rings. The minimum absolute atomic E-state index is 0.0641. The predicted octanol–water partition coefficient (Wildman–Crippen LogP) is 0.935. The number of nitrogens with two attached hydrogens (primary N) is 1. The van der Waals surface area contributed by atoms with E-state index in [1.807, 2.05) is 11.0 Å². The number of carbonyl (C=O) groups is 2. The van der Waals surface area contributed by atoms with E-state index in [-0.39, 0.29) is 28.8 Å². The summed E-state index contributed by atoms with van der Waals surface area (Å²) in [5.41, 5.74) is 5.45. The van der Waals surface area contributed by atoms with Gasteiger partial charge in [0.2, 0.25) is 5.91 Å². The minimum atomic E-state index is -0.592. The molecule has 0 aromatic heterocycles. The van der Waals surface area contributed by atoms with Crippen molar-refractivity contribution in [1.82, 2.24) is 4.90 Å². The zero-order valence-corrected chi connectivity index (χ0v) is 12.5. The Hall–Kier alpha value is -3.01. The number of aromatic hydroxyl groups is 1. The van der Waals surface area contributed by atoms with Crippen LogP contribution in [0.15, 0.2) is 36.0 Å². The summed E-state index contributed by atoms with van der Waals surface area (Å²) >= 11 is 0. The van der Waals surface area contributed by atoms with Crippen LogP contribution >= 0.6 is 0 Å². The van der Waals surface area contributed by atoms with Gasteiger partial charge in [0.05, 0.1) is 5.69 Å². The molecule has 1 aromatic rings. The van der Waals surface area contributed by atoms with E-state index < -0.39 is 5.91 Å². The van der Waals surface area contributed by atoms with Crippen molar-refractivity contribution in [2.75, 3.05) is 18.4 Å². The summed E-state index contributed by atoms with van der Waals surface area (Å²) < 4.78 is 0. The van der Waals surface area contributed by atoms with Crippen molar-refractivity contribution in [3.8, 4) is 11.8 Å². The number of phenols is 1. The van der Waals surface area contributed by atoms with Gasteiger partial charge in [0.1, 0.15) is 17.4 Å². The quantitative estimate of drug-likeness (QED) is 0.434. The summed E-state index contributed by atoms with van der Waals surface area (Å²) in [6, 6.07) is 8.14. The van der Waals surface area contributed by atoms with Gasteiger partial charge in [-0.2, -0.15) is 5.26 Å². The number of primary amides is 1. The van der Waals surface area contributed by atoms with Gasteiger partial charge in [0.25, 0.3) is 5.91 Å². The zero-order chi connectivity index (χ0) is 16.8. The van der Waals surface area contributed by atoms with Crippen LogP contribution in [0.3, 0.4) is 0 Å². The van der Waals surface area contributed by atoms with Crippen molar-refractivity contribution >= 4 is 17.5 Å². The molecule has 0 saturated carbocycles. The number of phenolic OH excluding ortho intramolecular Hbond substituents is 1. The first kappa shape index (κ1) is 16.4. The van der Waals surface area contributed by atoms with Gasteiger partial charge < -0.3 is 21.1 Å². The highest BCUT2D eigenvalue weighted by Crippen LogP contribution is 2.22. The second-order valence-electron chi connectivity index (χ2n) is 5.34. The molecule has 4 N–H and O–H groups in total. The number of para-hydroxylation sites is 2. The predicted molar refractivity (Wildman–Crippen MR) is 83.9 cm³/mol. The van der Waals surface area contributed by atoms with Gasteiger partial charge in [-0.25, -0.2) is 0 Å².